The average Bonchev–Trinajstić information content (AvgIpc) is 2.14. The Morgan fingerprint density at radius 1 is 1.33 bits per heavy atom. The fourth-order valence-electron chi connectivity index (χ4n) is 0.670. The van der Waals surface area contributed by atoms with Crippen LogP contribution >= 0.6 is 0 Å². The van der Waals surface area contributed by atoms with Crippen molar-refractivity contribution >= 4 is 19.4 Å². The Kier molecular flexibility index (Phi) is 4.37. The van der Waals surface area contributed by atoms with E-state index in [4.69, 9.17) is 4.74 Å². The van der Waals surface area contributed by atoms with E-state index in [9.17, 15) is 0 Å². The fraction of sp³-hybridized carbons (Fsp3) is 0.200. The molecule has 0 unspecified atom stereocenters. The third kappa shape index (κ3) is 3.48. The molecule has 0 aliphatic rings. The van der Waals surface area contributed by atoms with E-state index in [1.54, 1.807) is 0 Å². The molecular formula is C10H10OSe. The number of ether oxygens (including phenoxy) is 1. The molecule has 0 amide bonds. The molecule has 0 saturated carbocycles. The van der Waals surface area contributed by atoms with Gasteiger partial charge in [-0.25, -0.2) is 0 Å². The Bertz CT molecular complexity index is 271. The van der Waals surface area contributed by atoms with Gasteiger partial charge in [0.15, 0.2) is 0 Å². The molecule has 0 bridgehead atoms. The third-order valence-corrected chi connectivity index (χ3v) is 2.62. The van der Waals surface area contributed by atoms with Crippen LogP contribution in [0.3, 0.4) is 0 Å². The number of hydrogen-bond donors (Lipinski definition) is 0. The number of rotatable bonds is 2. The summed E-state index contributed by atoms with van der Waals surface area (Å²) in [6.45, 7) is 2.60. The normalized spacial score (nSPS) is 8.42. The Hall–Kier alpha value is -0.901. The Morgan fingerprint density at radius 2 is 2.08 bits per heavy atom. The average molecular weight is 225 g/mol. The molecule has 0 aromatic heterocycles. The van der Waals surface area contributed by atoms with E-state index in [0.717, 1.165) is 0 Å². The second kappa shape index (κ2) is 5.71. The van der Waals surface area contributed by atoms with Crippen LogP contribution in [0.5, 0.6) is 0 Å². The molecule has 2 heteroatoms. The van der Waals surface area contributed by atoms with Crippen molar-refractivity contribution < 1.29 is 4.74 Å². The number of hydrogen-bond acceptors (Lipinski definition) is 1. The van der Waals surface area contributed by atoms with Gasteiger partial charge in [-0.05, 0) is 0 Å². The van der Waals surface area contributed by atoms with Crippen LogP contribution in [0.25, 0.3) is 0 Å². The third-order valence-electron chi connectivity index (χ3n) is 1.17. The Labute approximate surface area is 79.3 Å². The summed E-state index contributed by atoms with van der Waals surface area (Å²) in [5.41, 5.74) is 0. The Morgan fingerprint density at radius 3 is 2.75 bits per heavy atom. The van der Waals surface area contributed by atoms with Gasteiger partial charge in [-0.15, -0.1) is 0 Å². The zero-order valence-corrected chi connectivity index (χ0v) is 8.62. The molecule has 0 aliphatic carbocycles. The zero-order valence-electron chi connectivity index (χ0n) is 6.91. The van der Waals surface area contributed by atoms with E-state index in [1.807, 2.05) is 25.1 Å². The maximum atomic E-state index is 4.91. The summed E-state index contributed by atoms with van der Waals surface area (Å²) in [5.74, 6) is 0. The summed E-state index contributed by atoms with van der Waals surface area (Å²) in [7, 11) is 0. The summed E-state index contributed by atoms with van der Waals surface area (Å²) in [5, 5.41) is 0. The van der Waals surface area contributed by atoms with E-state index >= 15 is 0 Å². The predicted molar refractivity (Wildman–Crippen MR) is 51.2 cm³/mol. The van der Waals surface area contributed by atoms with E-state index < -0.39 is 0 Å². The molecule has 0 fully saturated rings. The minimum atomic E-state index is 0.233. The van der Waals surface area contributed by atoms with Crippen molar-refractivity contribution in [1.29, 1.82) is 0 Å². The summed E-state index contributed by atoms with van der Waals surface area (Å²) in [6.07, 6.45) is 2.66. The standard InChI is InChI=1S/C10H10OSe/c1-2-11-8-9-12-10-6-4-3-5-7-10/h3-7H,2H2,1H3. The predicted octanol–water partition coefficient (Wildman–Crippen LogP) is 0.971. The molecule has 0 radical (unpaired) electrons. The summed E-state index contributed by atoms with van der Waals surface area (Å²) >= 11 is 0.233. The van der Waals surface area contributed by atoms with E-state index in [2.05, 4.69) is 23.1 Å². The molecular weight excluding hydrogens is 215 g/mol. The van der Waals surface area contributed by atoms with Gasteiger partial charge in [0, 0.05) is 0 Å². The molecule has 0 spiro atoms. The molecule has 1 rings (SSSR count). The van der Waals surface area contributed by atoms with Crippen molar-refractivity contribution in [2.75, 3.05) is 6.61 Å². The summed E-state index contributed by atoms with van der Waals surface area (Å²) in [4.78, 5) is 2.99. The molecule has 12 heavy (non-hydrogen) atoms. The second-order valence-corrected chi connectivity index (χ2v) is 3.90. The van der Waals surface area contributed by atoms with Crippen molar-refractivity contribution in [1.82, 2.24) is 0 Å². The van der Waals surface area contributed by atoms with Gasteiger partial charge in [0.05, 0.1) is 0 Å². The summed E-state index contributed by atoms with van der Waals surface area (Å²) in [6, 6.07) is 10.2. The van der Waals surface area contributed by atoms with Crippen LogP contribution < -0.4 is 4.46 Å². The molecule has 1 aromatic rings. The monoisotopic (exact) mass is 226 g/mol. The zero-order chi connectivity index (χ0) is 8.65. The van der Waals surface area contributed by atoms with Crippen molar-refractivity contribution in [3.05, 3.63) is 30.3 Å². The topological polar surface area (TPSA) is 9.23 Å². The Balaban J connectivity index is 2.40. The van der Waals surface area contributed by atoms with Gasteiger partial charge >= 0.3 is 78.9 Å². The van der Waals surface area contributed by atoms with E-state index in [1.165, 1.54) is 4.46 Å². The van der Waals surface area contributed by atoms with Crippen LogP contribution in [0.2, 0.25) is 0 Å². The van der Waals surface area contributed by atoms with Gasteiger partial charge in [0.1, 0.15) is 0 Å². The first kappa shape index (κ1) is 9.19. The van der Waals surface area contributed by atoms with Crippen LogP contribution in [-0.2, 0) is 4.74 Å². The molecule has 62 valence electrons. The second-order valence-electron chi connectivity index (χ2n) is 2.05. The van der Waals surface area contributed by atoms with Gasteiger partial charge in [0.2, 0.25) is 0 Å². The molecule has 1 nitrogen and oxygen atoms in total. The van der Waals surface area contributed by atoms with Crippen molar-refractivity contribution in [3.63, 3.8) is 0 Å². The number of benzene rings is 1. The van der Waals surface area contributed by atoms with Gasteiger partial charge in [-0.3, -0.25) is 0 Å². The molecule has 0 heterocycles. The minimum absolute atomic E-state index is 0.233. The first-order valence-corrected chi connectivity index (χ1v) is 5.48. The first-order valence-electron chi connectivity index (χ1n) is 3.77. The van der Waals surface area contributed by atoms with E-state index in [-0.39, 0.29) is 15.0 Å². The molecule has 0 saturated heterocycles. The first-order chi connectivity index (χ1) is 5.93. The van der Waals surface area contributed by atoms with Crippen LogP contribution in [0, 0.1) is 10.9 Å². The van der Waals surface area contributed by atoms with Crippen molar-refractivity contribution in [2.45, 2.75) is 6.92 Å². The SMILES string of the molecule is CCOC#C[Se]c1ccccc1. The van der Waals surface area contributed by atoms with Crippen LogP contribution in [0.1, 0.15) is 6.92 Å². The molecule has 0 aliphatic heterocycles. The van der Waals surface area contributed by atoms with Gasteiger partial charge in [-0.2, -0.15) is 0 Å². The van der Waals surface area contributed by atoms with Crippen molar-refractivity contribution in [2.24, 2.45) is 0 Å². The van der Waals surface area contributed by atoms with Gasteiger partial charge in [0.25, 0.3) is 0 Å². The fourth-order valence-corrected chi connectivity index (χ4v) is 1.74. The maximum absolute atomic E-state index is 4.91. The molecule has 1 aromatic carbocycles. The molecule has 0 atom stereocenters. The van der Waals surface area contributed by atoms with Gasteiger partial charge < -0.3 is 0 Å². The van der Waals surface area contributed by atoms with Crippen molar-refractivity contribution in [3.8, 4) is 10.9 Å². The van der Waals surface area contributed by atoms with E-state index in [0.29, 0.717) is 6.61 Å². The van der Waals surface area contributed by atoms with Crippen LogP contribution in [-0.4, -0.2) is 21.6 Å². The summed E-state index contributed by atoms with van der Waals surface area (Å²) < 4.78 is 6.20. The van der Waals surface area contributed by atoms with Gasteiger partial charge in [-0.1, -0.05) is 0 Å². The quantitative estimate of drug-likeness (QED) is 0.538. The molecule has 0 N–H and O–H groups in total. The van der Waals surface area contributed by atoms with Crippen LogP contribution in [0.4, 0.5) is 0 Å². The van der Waals surface area contributed by atoms with Crippen LogP contribution in [0.15, 0.2) is 30.3 Å².